The van der Waals surface area contributed by atoms with Crippen LogP contribution in [0.5, 0.6) is 0 Å². The number of thioether (sulfide) groups is 1. The first-order chi connectivity index (χ1) is 9.62. The van der Waals surface area contributed by atoms with Gasteiger partial charge in [0.05, 0.1) is 23.5 Å². The summed E-state index contributed by atoms with van der Waals surface area (Å²) in [5, 5.41) is 8.49. The highest BCUT2D eigenvalue weighted by Crippen LogP contribution is 2.30. The summed E-state index contributed by atoms with van der Waals surface area (Å²) >= 11 is 1.49. The van der Waals surface area contributed by atoms with Crippen molar-refractivity contribution in [2.75, 3.05) is 23.9 Å². The Morgan fingerprint density at radius 2 is 2.15 bits per heavy atom. The van der Waals surface area contributed by atoms with E-state index in [4.69, 9.17) is 9.15 Å². The maximum Gasteiger partial charge on any atom is 0.276 e. The van der Waals surface area contributed by atoms with Crippen LogP contribution in [0.2, 0.25) is 0 Å². The molecule has 1 aromatic heterocycles. The Morgan fingerprint density at radius 1 is 1.25 bits per heavy atom. The SMILES string of the molecule is O=S1(=O)CC[C@@H](c2nnc(SC[C@H]3CCCCO3)o2)C1. The van der Waals surface area contributed by atoms with Gasteiger partial charge in [-0.15, -0.1) is 10.2 Å². The van der Waals surface area contributed by atoms with Gasteiger partial charge < -0.3 is 9.15 Å². The number of sulfone groups is 1. The Labute approximate surface area is 122 Å². The molecule has 0 radical (unpaired) electrons. The minimum absolute atomic E-state index is 0.130. The standard InChI is InChI=1S/C12H18N2O4S2/c15-20(16)6-4-9(8-20)11-13-14-12(18-11)19-7-10-3-1-2-5-17-10/h9-10H,1-8H2/t9-,10-/m1/s1. The molecule has 0 aliphatic carbocycles. The van der Waals surface area contributed by atoms with E-state index < -0.39 is 9.84 Å². The van der Waals surface area contributed by atoms with Gasteiger partial charge in [-0.3, -0.25) is 0 Å². The van der Waals surface area contributed by atoms with Gasteiger partial charge in [0, 0.05) is 12.4 Å². The highest BCUT2D eigenvalue weighted by Gasteiger charge is 2.32. The van der Waals surface area contributed by atoms with Gasteiger partial charge in [0.25, 0.3) is 5.22 Å². The Kier molecular flexibility index (Phi) is 4.32. The van der Waals surface area contributed by atoms with Crippen LogP contribution < -0.4 is 0 Å². The van der Waals surface area contributed by atoms with Crippen molar-refractivity contribution in [3.63, 3.8) is 0 Å². The molecule has 2 aliphatic rings. The molecule has 0 unspecified atom stereocenters. The Balaban J connectivity index is 1.54. The summed E-state index contributed by atoms with van der Waals surface area (Å²) in [4.78, 5) is 0. The van der Waals surface area contributed by atoms with Crippen molar-refractivity contribution in [3.8, 4) is 0 Å². The van der Waals surface area contributed by atoms with E-state index in [1.165, 1.54) is 18.2 Å². The molecule has 20 heavy (non-hydrogen) atoms. The number of rotatable bonds is 4. The van der Waals surface area contributed by atoms with E-state index in [0.717, 1.165) is 25.2 Å². The molecule has 0 N–H and O–H groups in total. The largest absolute Gasteiger partial charge is 0.416 e. The summed E-state index contributed by atoms with van der Waals surface area (Å²) in [6.45, 7) is 0.834. The van der Waals surface area contributed by atoms with Gasteiger partial charge in [-0.05, 0) is 25.7 Å². The van der Waals surface area contributed by atoms with Gasteiger partial charge >= 0.3 is 0 Å². The molecule has 112 valence electrons. The molecule has 2 atom stereocenters. The average Bonchev–Trinajstić information content (AvgIpc) is 3.04. The summed E-state index contributed by atoms with van der Waals surface area (Å²) in [5.74, 6) is 1.49. The van der Waals surface area contributed by atoms with Crippen molar-refractivity contribution in [2.24, 2.45) is 0 Å². The van der Waals surface area contributed by atoms with Crippen molar-refractivity contribution in [1.82, 2.24) is 10.2 Å². The minimum atomic E-state index is -2.92. The molecule has 0 bridgehead atoms. The third-order valence-corrected chi connectivity index (χ3v) is 6.39. The summed E-state index contributed by atoms with van der Waals surface area (Å²) in [5.41, 5.74) is 0. The van der Waals surface area contributed by atoms with E-state index in [1.54, 1.807) is 0 Å². The van der Waals surface area contributed by atoms with Crippen LogP contribution in [0.25, 0.3) is 0 Å². The summed E-state index contributed by atoms with van der Waals surface area (Å²) < 4.78 is 34.1. The third-order valence-electron chi connectivity index (χ3n) is 3.67. The normalized spacial score (nSPS) is 29.6. The molecule has 0 spiro atoms. The van der Waals surface area contributed by atoms with Crippen LogP contribution in [-0.4, -0.2) is 48.6 Å². The Hall–Kier alpha value is -0.600. The molecular weight excluding hydrogens is 300 g/mol. The molecule has 3 heterocycles. The van der Waals surface area contributed by atoms with Crippen molar-refractivity contribution < 1.29 is 17.6 Å². The number of hydrogen-bond donors (Lipinski definition) is 0. The molecule has 6 nitrogen and oxygen atoms in total. The Morgan fingerprint density at radius 3 is 2.85 bits per heavy atom. The zero-order chi connectivity index (χ0) is 14.0. The summed E-state index contributed by atoms with van der Waals surface area (Å²) in [7, 11) is -2.92. The smallest absolute Gasteiger partial charge is 0.276 e. The van der Waals surface area contributed by atoms with E-state index in [9.17, 15) is 8.42 Å². The number of aromatic nitrogens is 2. The van der Waals surface area contributed by atoms with Gasteiger partial charge in [-0.2, -0.15) is 0 Å². The van der Waals surface area contributed by atoms with Crippen LogP contribution in [0, 0.1) is 0 Å². The molecule has 2 fully saturated rings. The maximum absolute atomic E-state index is 11.4. The van der Waals surface area contributed by atoms with E-state index >= 15 is 0 Å². The van der Waals surface area contributed by atoms with E-state index in [0.29, 0.717) is 17.5 Å². The van der Waals surface area contributed by atoms with Gasteiger partial charge in [0.1, 0.15) is 0 Å². The lowest BCUT2D eigenvalue weighted by molar-refractivity contribution is 0.0314. The van der Waals surface area contributed by atoms with Crippen LogP contribution in [0.4, 0.5) is 0 Å². The molecule has 0 saturated carbocycles. The fourth-order valence-corrected chi connectivity index (χ4v) is 5.10. The quantitative estimate of drug-likeness (QED) is 0.780. The number of ether oxygens (including phenoxy) is 1. The van der Waals surface area contributed by atoms with Crippen LogP contribution in [0.15, 0.2) is 9.64 Å². The van der Waals surface area contributed by atoms with Crippen molar-refractivity contribution >= 4 is 21.6 Å². The first kappa shape index (κ1) is 14.3. The zero-order valence-corrected chi connectivity index (χ0v) is 12.8. The first-order valence-electron chi connectivity index (χ1n) is 6.90. The highest BCUT2D eigenvalue weighted by molar-refractivity contribution is 7.99. The van der Waals surface area contributed by atoms with Crippen molar-refractivity contribution in [1.29, 1.82) is 0 Å². The molecule has 1 aromatic rings. The van der Waals surface area contributed by atoms with Crippen LogP contribution >= 0.6 is 11.8 Å². The number of hydrogen-bond acceptors (Lipinski definition) is 7. The molecule has 2 saturated heterocycles. The second-order valence-electron chi connectivity index (χ2n) is 5.31. The van der Waals surface area contributed by atoms with Gasteiger partial charge in [-0.25, -0.2) is 8.42 Å². The highest BCUT2D eigenvalue weighted by atomic mass is 32.2. The molecule has 3 rings (SSSR count). The first-order valence-corrected chi connectivity index (χ1v) is 9.71. The van der Waals surface area contributed by atoms with Crippen molar-refractivity contribution in [2.45, 2.75) is 42.9 Å². The lowest BCUT2D eigenvalue weighted by Crippen LogP contribution is -2.21. The predicted molar refractivity (Wildman–Crippen MR) is 74.6 cm³/mol. The molecule has 0 amide bonds. The fraction of sp³-hybridized carbons (Fsp3) is 0.833. The van der Waals surface area contributed by atoms with Crippen molar-refractivity contribution in [3.05, 3.63) is 5.89 Å². The second-order valence-corrected chi connectivity index (χ2v) is 8.51. The molecule has 2 aliphatic heterocycles. The average molecular weight is 318 g/mol. The third kappa shape index (κ3) is 3.53. The lowest BCUT2D eigenvalue weighted by atomic mass is 10.1. The van der Waals surface area contributed by atoms with E-state index in [2.05, 4.69) is 10.2 Å². The maximum atomic E-state index is 11.4. The summed E-state index contributed by atoms with van der Waals surface area (Å²) in [6, 6.07) is 0. The van der Waals surface area contributed by atoms with E-state index in [-0.39, 0.29) is 23.5 Å². The Bertz CT molecular complexity index is 552. The van der Waals surface area contributed by atoms with E-state index in [1.807, 2.05) is 0 Å². The lowest BCUT2D eigenvalue weighted by Gasteiger charge is -2.21. The van der Waals surface area contributed by atoms with Gasteiger partial charge in [0.2, 0.25) is 5.89 Å². The molecule has 8 heteroatoms. The number of nitrogens with zero attached hydrogens (tertiary/aromatic N) is 2. The summed E-state index contributed by atoms with van der Waals surface area (Å²) in [6.07, 6.45) is 4.27. The zero-order valence-electron chi connectivity index (χ0n) is 11.2. The topological polar surface area (TPSA) is 82.3 Å². The van der Waals surface area contributed by atoms with Gasteiger partial charge in [-0.1, -0.05) is 11.8 Å². The second kappa shape index (κ2) is 6.03. The monoisotopic (exact) mass is 318 g/mol. The molecule has 0 aromatic carbocycles. The fourth-order valence-electron chi connectivity index (χ4n) is 2.54. The molecular formula is C12H18N2O4S2. The van der Waals surface area contributed by atoms with Crippen LogP contribution in [0.3, 0.4) is 0 Å². The van der Waals surface area contributed by atoms with Crippen LogP contribution in [0.1, 0.15) is 37.5 Å². The van der Waals surface area contributed by atoms with Gasteiger partial charge in [0.15, 0.2) is 9.84 Å². The minimum Gasteiger partial charge on any atom is -0.416 e. The predicted octanol–water partition coefficient (Wildman–Crippen LogP) is 1.63. The van der Waals surface area contributed by atoms with Crippen LogP contribution in [-0.2, 0) is 14.6 Å².